The molecule has 1 aliphatic rings. The zero-order valence-electron chi connectivity index (χ0n) is 13.7. The molecule has 0 bridgehead atoms. The summed E-state index contributed by atoms with van der Waals surface area (Å²) in [5.74, 6) is 0.0467. The highest BCUT2D eigenvalue weighted by molar-refractivity contribution is 5.81. The predicted octanol–water partition coefficient (Wildman–Crippen LogP) is 1.00. The van der Waals surface area contributed by atoms with Gasteiger partial charge in [0.15, 0.2) is 0 Å². The number of hydrogen-bond acceptors (Lipinski definition) is 4. The van der Waals surface area contributed by atoms with Crippen molar-refractivity contribution in [3.8, 4) is 0 Å². The molecule has 122 valence electrons. The molecule has 0 spiro atoms. The van der Waals surface area contributed by atoms with E-state index in [1.165, 1.54) is 5.69 Å². The number of hydrogen-bond donors (Lipinski definition) is 1. The normalized spacial score (nSPS) is 17.3. The van der Waals surface area contributed by atoms with Crippen molar-refractivity contribution < 1.29 is 4.79 Å². The van der Waals surface area contributed by atoms with E-state index in [1.807, 2.05) is 20.0 Å². The van der Waals surface area contributed by atoms with Crippen LogP contribution in [0.5, 0.6) is 0 Å². The molecule has 1 aromatic carbocycles. The summed E-state index contributed by atoms with van der Waals surface area (Å²) in [5, 5.41) is 0. The molecule has 1 fully saturated rings. The maximum Gasteiger partial charge on any atom is 0.239 e. The van der Waals surface area contributed by atoms with Gasteiger partial charge in [-0.1, -0.05) is 25.1 Å². The number of rotatable bonds is 6. The summed E-state index contributed by atoms with van der Waals surface area (Å²) < 4.78 is 0. The van der Waals surface area contributed by atoms with Gasteiger partial charge in [0.05, 0.1) is 6.04 Å². The predicted molar refractivity (Wildman–Crippen MR) is 91.0 cm³/mol. The summed E-state index contributed by atoms with van der Waals surface area (Å²) in [6, 6.07) is 10.2. The second-order valence-corrected chi connectivity index (χ2v) is 5.94. The SMILES string of the molecule is CCC(N)C(=O)N(C)CCN1CCN(c2ccccc2)CC1. The lowest BCUT2D eigenvalue weighted by atomic mass is 10.2. The maximum atomic E-state index is 12.0. The molecule has 0 aromatic heterocycles. The average Bonchev–Trinajstić information content (AvgIpc) is 2.59. The third-order valence-corrected chi connectivity index (χ3v) is 4.38. The Morgan fingerprint density at radius 1 is 1.23 bits per heavy atom. The van der Waals surface area contributed by atoms with Crippen molar-refractivity contribution in [3.63, 3.8) is 0 Å². The fraction of sp³-hybridized carbons (Fsp3) is 0.588. The zero-order chi connectivity index (χ0) is 15.9. The van der Waals surface area contributed by atoms with Gasteiger partial charge in [0, 0.05) is 52.0 Å². The first-order valence-electron chi connectivity index (χ1n) is 8.14. The Morgan fingerprint density at radius 3 is 2.45 bits per heavy atom. The lowest BCUT2D eigenvalue weighted by molar-refractivity contribution is -0.131. The van der Waals surface area contributed by atoms with E-state index in [1.54, 1.807) is 4.90 Å². The number of likely N-dealkylation sites (N-methyl/N-ethyl adjacent to an activating group) is 1. The molecule has 0 aliphatic carbocycles. The van der Waals surface area contributed by atoms with E-state index in [9.17, 15) is 4.79 Å². The van der Waals surface area contributed by atoms with E-state index in [-0.39, 0.29) is 11.9 Å². The van der Waals surface area contributed by atoms with Gasteiger partial charge in [0.2, 0.25) is 5.91 Å². The first-order chi connectivity index (χ1) is 10.6. The summed E-state index contributed by atoms with van der Waals surface area (Å²) in [4.78, 5) is 18.6. The molecule has 2 N–H and O–H groups in total. The van der Waals surface area contributed by atoms with Crippen LogP contribution in [-0.2, 0) is 4.79 Å². The van der Waals surface area contributed by atoms with Crippen LogP contribution in [0.2, 0.25) is 0 Å². The van der Waals surface area contributed by atoms with E-state index < -0.39 is 0 Å². The van der Waals surface area contributed by atoms with E-state index in [4.69, 9.17) is 5.73 Å². The highest BCUT2D eigenvalue weighted by Crippen LogP contribution is 2.15. The van der Waals surface area contributed by atoms with Gasteiger partial charge in [-0.15, -0.1) is 0 Å². The van der Waals surface area contributed by atoms with Crippen molar-refractivity contribution in [2.75, 3.05) is 51.2 Å². The first kappa shape index (κ1) is 16.8. The number of piperazine rings is 1. The van der Waals surface area contributed by atoms with Crippen molar-refractivity contribution in [1.82, 2.24) is 9.80 Å². The van der Waals surface area contributed by atoms with Gasteiger partial charge < -0.3 is 15.5 Å². The number of para-hydroxylation sites is 1. The van der Waals surface area contributed by atoms with Crippen LogP contribution >= 0.6 is 0 Å². The number of carbonyl (C=O) groups excluding carboxylic acids is 1. The van der Waals surface area contributed by atoms with Crippen molar-refractivity contribution in [3.05, 3.63) is 30.3 Å². The largest absolute Gasteiger partial charge is 0.369 e. The van der Waals surface area contributed by atoms with Crippen LogP contribution in [0.4, 0.5) is 5.69 Å². The van der Waals surface area contributed by atoms with Crippen LogP contribution in [0.25, 0.3) is 0 Å². The van der Waals surface area contributed by atoms with Gasteiger partial charge in [-0.25, -0.2) is 0 Å². The minimum Gasteiger partial charge on any atom is -0.369 e. The third kappa shape index (κ3) is 4.45. The highest BCUT2D eigenvalue weighted by Gasteiger charge is 2.19. The van der Waals surface area contributed by atoms with Gasteiger partial charge in [-0.05, 0) is 18.6 Å². The fourth-order valence-corrected chi connectivity index (χ4v) is 2.73. The molecule has 1 aliphatic heterocycles. The van der Waals surface area contributed by atoms with Crippen LogP contribution in [-0.4, -0.2) is 68.1 Å². The monoisotopic (exact) mass is 304 g/mol. The number of carbonyl (C=O) groups is 1. The van der Waals surface area contributed by atoms with Gasteiger partial charge in [-0.3, -0.25) is 9.69 Å². The van der Waals surface area contributed by atoms with E-state index in [2.05, 4.69) is 34.1 Å². The number of nitrogens with two attached hydrogens (primary N) is 1. The lowest BCUT2D eigenvalue weighted by Crippen LogP contribution is -2.50. The van der Waals surface area contributed by atoms with Crippen LogP contribution in [0, 0.1) is 0 Å². The van der Waals surface area contributed by atoms with Gasteiger partial charge in [0.25, 0.3) is 0 Å². The molecule has 5 nitrogen and oxygen atoms in total. The smallest absolute Gasteiger partial charge is 0.239 e. The lowest BCUT2D eigenvalue weighted by Gasteiger charge is -2.36. The van der Waals surface area contributed by atoms with Crippen molar-refractivity contribution >= 4 is 11.6 Å². The maximum absolute atomic E-state index is 12.0. The molecule has 0 saturated carbocycles. The first-order valence-corrected chi connectivity index (χ1v) is 8.14. The molecule has 1 atom stereocenters. The summed E-state index contributed by atoms with van der Waals surface area (Å²) in [6.45, 7) is 7.76. The second-order valence-electron chi connectivity index (χ2n) is 5.94. The van der Waals surface area contributed by atoms with Crippen LogP contribution in [0.1, 0.15) is 13.3 Å². The second kappa shape index (κ2) is 8.15. The number of nitrogens with zero attached hydrogens (tertiary/aromatic N) is 3. The Bertz CT molecular complexity index is 457. The fourth-order valence-electron chi connectivity index (χ4n) is 2.73. The third-order valence-electron chi connectivity index (χ3n) is 4.38. The van der Waals surface area contributed by atoms with Crippen molar-refractivity contribution in [2.45, 2.75) is 19.4 Å². The molecular weight excluding hydrogens is 276 g/mol. The zero-order valence-corrected chi connectivity index (χ0v) is 13.7. The minimum absolute atomic E-state index is 0.0467. The summed E-state index contributed by atoms with van der Waals surface area (Å²) in [6.07, 6.45) is 0.693. The topological polar surface area (TPSA) is 52.8 Å². The number of benzene rings is 1. The van der Waals surface area contributed by atoms with Crippen molar-refractivity contribution in [2.24, 2.45) is 5.73 Å². The molecule has 0 radical (unpaired) electrons. The number of anilines is 1. The Labute approximate surface area is 133 Å². The molecule has 1 aromatic rings. The van der Waals surface area contributed by atoms with Crippen molar-refractivity contribution in [1.29, 1.82) is 0 Å². The van der Waals surface area contributed by atoms with Gasteiger partial charge >= 0.3 is 0 Å². The van der Waals surface area contributed by atoms with Crippen LogP contribution < -0.4 is 10.6 Å². The van der Waals surface area contributed by atoms with Crippen LogP contribution in [0.3, 0.4) is 0 Å². The Balaban J connectivity index is 1.73. The summed E-state index contributed by atoms with van der Waals surface area (Å²) in [7, 11) is 1.85. The number of amides is 1. The van der Waals surface area contributed by atoms with Crippen LogP contribution in [0.15, 0.2) is 30.3 Å². The quantitative estimate of drug-likeness (QED) is 0.852. The van der Waals surface area contributed by atoms with E-state index in [0.717, 1.165) is 39.3 Å². The van der Waals surface area contributed by atoms with E-state index >= 15 is 0 Å². The minimum atomic E-state index is -0.361. The summed E-state index contributed by atoms with van der Waals surface area (Å²) in [5.41, 5.74) is 7.09. The standard InChI is InChI=1S/C17H28N4O/c1-3-16(18)17(22)19(2)9-10-20-11-13-21(14-12-20)15-7-5-4-6-8-15/h4-8,16H,3,9-14,18H2,1-2H3. The molecule has 1 amide bonds. The molecular formula is C17H28N4O. The molecule has 1 unspecified atom stereocenters. The Hall–Kier alpha value is -1.59. The van der Waals surface area contributed by atoms with Gasteiger partial charge in [-0.2, -0.15) is 0 Å². The molecule has 22 heavy (non-hydrogen) atoms. The Kier molecular flexibility index (Phi) is 6.21. The van der Waals surface area contributed by atoms with Gasteiger partial charge in [0.1, 0.15) is 0 Å². The highest BCUT2D eigenvalue weighted by atomic mass is 16.2. The Morgan fingerprint density at radius 2 is 1.86 bits per heavy atom. The van der Waals surface area contributed by atoms with E-state index in [0.29, 0.717) is 6.42 Å². The molecule has 5 heteroatoms. The molecule has 1 saturated heterocycles. The molecule has 2 rings (SSSR count). The summed E-state index contributed by atoms with van der Waals surface area (Å²) >= 11 is 0. The molecule has 1 heterocycles. The average molecular weight is 304 g/mol.